The zero-order valence-corrected chi connectivity index (χ0v) is 41.1. The van der Waals surface area contributed by atoms with E-state index in [1.54, 1.807) is 6.07 Å². The highest BCUT2D eigenvalue weighted by molar-refractivity contribution is 7.86. The fourth-order valence-corrected chi connectivity index (χ4v) is 10.9. The molecule has 4 aliphatic rings. The fourth-order valence-electron chi connectivity index (χ4n) is 9.80. The fraction of sp³-hybridized carbons (Fsp3) is 0.434. The van der Waals surface area contributed by atoms with Gasteiger partial charge in [0.05, 0.1) is 16.1 Å². The lowest BCUT2D eigenvalue weighted by Crippen LogP contribution is -2.32. The summed E-state index contributed by atoms with van der Waals surface area (Å²) in [5.41, 5.74) is 6.21. The summed E-state index contributed by atoms with van der Waals surface area (Å²) >= 11 is 0. The summed E-state index contributed by atoms with van der Waals surface area (Å²) in [6.45, 7) is 7.85. The molecule has 364 valence electrons. The third-order valence-corrected chi connectivity index (χ3v) is 15.0. The summed E-state index contributed by atoms with van der Waals surface area (Å²) in [4.78, 5) is 43.3. The van der Waals surface area contributed by atoms with Crippen LogP contribution in [0.2, 0.25) is 0 Å². The first-order chi connectivity index (χ1) is 32.5. The number of nitrogens with zero attached hydrogens (tertiary/aromatic N) is 3. The molecule has 0 spiro atoms. The van der Waals surface area contributed by atoms with Crippen LogP contribution in [0.1, 0.15) is 128 Å². The van der Waals surface area contributed by atoms with Crippen LogP contribution in [-0.2, 0) is 50.3 Å². The van der Waals surface area contributed by atoms with E-state index in [2.05, 4.69) is 84.0 Å². The van der Waals surface area contributed by atoms with Gasteiger partial charge in [0.1, 0.15) is 6.54 Å². The number of hydrogen-bond acceptors (Lipinski definition) is 9. The number of allylic oxidation sites excluding steroid dienone is 14. The summed E-state index contributed by atoms with van der Waals surface area (Å²) < 4.78 is 70.4. The smallest absolute Gasteiger partial charge is 0.333 e. The number of imide groups is 1. The maximum absolute atomic E-state index is 12.5. The lowest BCUT2D eigenvalue weighted by Gasteiger charge is -2.30. The van der Waals surface area contributed by atoms with Crippen molar-refractivity contribution in [1.29, 1.82) is 0 Å². The van der Waals surface area contributed by atoms with E-state index in [9.17, 15) is 40.3 Å². The van der Waals surface area contributed by atoms with Crippen LogP contribution in [0.25, 0.3) is 0 Å². The summed E-state index contributed by atoms with van der Waals surface area (Å²) in [7, 11) is -8.78. The molecule has 1 aliphatic carbocycles. The number of hydroxylamine groups is 2. The maximum Gasteiger partial charge on any atom is 0.333 e. The highest BCUT2D eigenvalue weighted by atomic mass is 32.2. The van der Waals surface area contributed by atoms with E-state index in [-0.39, 0.29) is 36.0 Å². The van der Waals surface area contributed by atoms with Gasteiger partial charge in [0.15, 0.2) is 5.71 Å². The van der Waals surface area contributed by atoms with E-state index in [0.29, 0.717) is 49.3 Å². The zero-order chi connectivity index (χ0) is 49.0. The monoisotopic (exact) mass is 968 g/mol. The number of carbonyl (C=O) groups is 3. The van der Waals surface area contributed by atoms with Crippen molar-refractivity contribution in [2.75, 3.05) is 23.7 Å². The number of hydrogen-bond donors (Lipinski definition) is 2. The van der Waals surface area contributed by atoms with Crippen LogP contribution in [0, 0.1) is 0 Å². The SMILES string of the molecule is CCCCCC1(C)C(/C=C/C=C/C=C2/N(CCCCCC(=O)ON3C(=O)CCC3=O)c3ccc(S(=O)(=O)O)cc3C2(C)CCCCS(=O)(=O)O)=[N+](CCCC2=C/C=C\C=C/C=C2)c2ccccc21. The Balaban J connectivity index is 1.30. The van der Waals surface area contributed by atoms with Crippen LogP contribution in [0.4, 0.5) is 11.4 Å². The summed E-state index contributed by atoms with van der Waals surface area (Å²) in [5.74, 6) is -2.17. The van der Waals surface area contributed by atoms with E-state index in [4.69, 9.17) is 4.84 Å². The predicted molar refractivity (Wildman–Crippen MR) is 266 cm³/mol. The Bertz CT molecular complexity index is 2680. The van der Waals surface area contributed by atoms with Gasteiger partial charge in [-0.25, -0.2) is 4.79 Å². The van der Waals surface area contributed by atoms with Gasteiger partial charge in [-0.2, -0.15) is 21.4 Å². The predicted octanol–water partition coefficient (Wildman–Crippen LogP) is 10.3. The molecule has 2 aromatic rings. The number of para-hydroxylation sites is 1. The van der Waals surface area contributed by atoms with Crippen molar-refractivity contribution in [1.82, 2.24) is 5.06 Å². The van der Waals surface area contributed by atoms with Crippen LogP contribution in [-0.4, -0.2) is 77.9 Å². The quantitative estimate of drug-likeness (QED) is 0.0336. The minimum atomic E-state index is -4.57. The molecule has 3 aliphatic heterocycles. The second kappa shape index (κ2) is 23.2. The van der Waals surface area contributed by atoms with E-state index >= 15 is 0 Å². The first-order valence-corrected chi connectivity index (χ1v) is 26.9. The van der Waals surface area contributed by atoms with Crippen LogP contribution in [0.5, 0.6) is 0 Å². The van der Waals surface area contributed by atoms with Gasteiger partial charge in [0.2, 0.25) is 5.69 Å². The number of unbranched alkanes of at least 4 members (excludes halogenated alkanes) is 5. The van der Waals surface area contributed by atoms with Crippen LogP contribution in [0.3, 0.4) is 0 Å². The normalized spacial score (nSPS) is 22.1. The molecule has 0 bridgehead atoms. The van der Waals surface area contributed by atoms with Crippen molar-refractivity contribution in [3.8, 4) is 0 Å². The van der Waals surface area contributed by atoms with Gasteiger partial charge in [0.25, 0.3) is 32.1 Å². The molecule has 15 heteroatoms. The molecule has 2 amide bonds. The molecule has 2 N–H and O–H groups in total. The van der Waals surface area contributed by atoms with Crippen molar-refractivity contribution < 1.29 is 49.7 Å². The van der Waals surface area contributed by atoms with Crippen molar-refractivity contribution in [2.45, 2.75) is 133 Å². The molecule has 13 nitrogen and oxygen atoms in total. The van der Waals surface area contributed by atoms with Gasteiger partial charge < -0.3 is 9.74 Å². The Hall–Kier alpha value is -5.48. The largest absolute Gasteiger partial charge is 0.344 e. The lowest BCUT2D eigenvalue weighted by molar-refractivity contribution is -0.438. The second-order valence-electron chi connectivity index (χ2n) is 18.3. The van der Waals surface area contributed by atoms with Crippen LogP contribution >= 0.6 is 0 Å². The Morgan fingerprint density at radius 2 is 1.51 bits per heavy atom. The topological polar surface area (TPSA) is 179 Å². The summed E-state index contributed by atoms with van der Waals surface area (Å²) in [6.07, 6.45) is 33.6. The van der Waals surface area contributed by atoms with Gasteiger partial charge in [-0.3, -0.25) is 18.7 Å². The maximum atomic E-state index is 12.5. The minimum Gasteiger partial charge on any atom is -0.344 e. The van der Waals surface area contributed by atoms with Crippen molar-refractivity contribution in [3.63, 3.8) is 0 Å². The number of anilines is 1. The third kappa shape index (κ3) is 13.0. The summed E-state index contributed by atoms with van der Waals surface area (Å²) in [5, 5.41) is 0.543. The van der Waals surface area contributed by atoms with Crippen molar-refractivity contribution >= 4 is 55.1 Å². The molecule has 6 rings (SSSR count). The molecule has 2 atom stereocenters. The first kappa shape index (κ1) is 51.9. The van der Waals surface area contributed by atoms with E-state index in [1.165, 1.54) is 34.7 Å². The third-order valence-electron chi connectivity index (χ3n) is 13.4. The minimum absolute atomic E-state index is 0.00137. The Morgan fingerprint density at radius 1 is 0.794 bits per heavy atom. The zero-order valence-electron chi connectivity index (χ0n) is 39.5. The first-order valence-electron chi connectivity index (χ1n) is 23.9. The van der Waals surface area contributed by atoms with Crippen LogP contribution < -0.4 is 4.90 Å². The van der Waals surface area contributed by atoms with E-state index in [1.807, 2.05) is 43.4 Å². The van der Waals surface area contributed by atoms with Gasteiger partial charge in [0, 0.05) is 66.7 Å². The molecule has 1 saturated heterocycles. The number of amides is 2. The molecule has 3 heterocycles. The number of rotatable bonds is 24. The average Bonchev–Trinajstić information content (AvgIpc) is 3.81. The molecule has 1 fully saturated rings. The molecule has 68 heavy (non-hydrogen) atoms. The van der Waals surface area contributed by atoms with Crippen LogP contribution in [0.15, 0.2) is 132 Å². The lowest BCUT2D eigenvalue weighted by atomic mass is 9.75. The number of fused-ring (bicyclic) bond motifs is 2. The number of carbonyl (C=O) groups excluding carboxylic acids is 3. The molecule has 0 saturated carbocycles. The summed E-state index contributed by atoms with van der Waals surface area (Å²) in [6, 6.07) is 13.2. The van der Waals surface area contributed by atoms with Gasteiger partial charge in [-0.1, -0.05) is 118 Å². The standard InChI is InChI=1S/C53H65N3O10S2/c1-4-5-18-35-52(2)43-26-16-17-27-45(43)55(38-22-25-41-23-11-7-6-8-12-24-41)47(52)28-13-9-14-29-48-53(3,36-19-21-39-67(60,61)62)44-40-42(68(63,64)65)31-32-46(44)54(48)37-20-10-15-30-51(59)66-56-49(57)33-34-50(56)58/h6-9,11-14,16-17,23-24,26-29,31-32,40H,4-5,10,15,18-22,25,30,33-39H2,1-3H3,(H-,60,61,62,63,64,65)/p+1/b7-6-,8-6?,11-7?,12-8-,23-11?,24-12?,41-23?,41-24?. The molecular weight excluding hydrogens is 903 g/mol. The Kier molecular flexibility index (Phi) is 17.7. The molecule has 2 aromatic carbocycles. The average molecular weight is 969 g/mol. The molecular formula is C53H66N3O10S2+. The van der Waals surface area contributed by atoms with Gasteiger partial charge in [-0.15, -0.1) is 5.06 Å². The van der Waals surface area contributed by atoms with Crippen molar-refractivity contribution in [2.24, 2.45) is 0 Å². The van der Waals surface area contributed by atoms with Crippen molar-refractivity contribution in [3.05, 3.63) is 138 Å². The second-order valence-corrected chi connectivity index (χ2v) is 21.3. The van der Waals surface area contributed by atoms with Gasteiger partial charge >= 0.3 is 5.97 Å². The Morgan fingerprint density at radius 3 is 2.26 bits per heavy atom. The number of benzene rings is 2. The molecule has 2 unspecified atom stereocenters. The highest BCUT2D eigenvalue weighted by Gasteiger charge is 2.47. The highest BCUT2D eigenvalue weighted by Crippen LogP contribution is 2.51. The van der Waals surface area contributed by atoms with E-state index in [0.717, 1.165) is 56.5 Å². The van der Waals surface area contributed by atoms with Gasteiger partial charge in [-0.05, 0) is 87.8 Å². The Labute approximate surface area is 402 Å². The molecule has 0 radical (unpaired) electrons. The molecule has 0 aromatic heterocycles. The van der Waals surface area contributed by atoms with E-state index < -0.39 is 49.2 Å².